The molecule has 22 N–H and O–H groups in total. The van der Waals surface area contributed by atoms with Gasteiger partial charge in [-0.2, -0.15) is 4.98 Å². The van der Waals surface area contributed by atoms with Crippen LogP contribution in [0.1, 0.15) is 181 Å². The van der Waals surface area contributed by atoms with Gasteiger partial charge >= 0.3 is 17.9 Å². The number of nitrogen functional groups attached to an aromatic ring is 1. The van der Waals surface area contributed by atoms with Crippen LogP contribution >= 0.6 is 0 Å². The van der Waals surface area contributed by atoms with Crippen LogP contribution in [0.25, 0.3) is 50.5 Å². The summed E-state index contributed by atoms with van der Waals surface area (Å²) < 4.78 is 0. The molecule has 0 saturated heterocycles. The molecule has 7 heterocycles. The van der Waals surface area contributed by atoms with E-state index in [1.165, 1.54) is 18.3 Å². The van der Waals surface area contributed by atoms with Crippen molar-refractivity contribution in [1.29, 1.82) is 10.8 Å². The van der Waals surface area contributed by atoms with Gasteiger partial charge in [0, 0.05) is 89.1 Å². The van der Waals surface area contributed by atoms with Crippen LogP contribution in [0.5, 0.6) is 0 Å². The lowest BCUT2D eigenvalue weighted by Crippen LogP contribution is -2.56. The fourth-order valence-corrected chi connectivity index (χ4v) is 12.5. The van der Waals surface area contributed by atoms with E-state index in [4.69, 9.17) is 38.0 Å². The number of carboxylic acid groups (broad SMARTS) is 3. The number of rotatable bonds is 34. The lowest BCUT2D eigenvalue weighted by atomic mass is 9.85. The summed E-state index contributed by atoms with van der Waals surface area (Å²) in [5.41, 5.74) is 27.7. The van der Waals surface area contributed by atoms with E-state index in [0.717, 1.165) is 50.4 Å². The van der Waals surface area contributed by atoms with Gasteiger partial charge in [-0.25, -0.2) is 29.3 Å². The Morgan fingerprint density at radius 1 is 0.670 bits per heavy atom. The monoisotopic (exact) mass is 1420 g/mol. The number of carboxylic acids is 3. The number of nitrogens with two attached hydrogens (primary N) is 3. The molecule has 5 amide bonds. The molecule has 6 aromatic rings. The van der Waals surface area contributed by atoms with Crippen LogP contribution in [0.2, 0.25) is 0 Å². The van der Waals surface area contributed by atoms with E-state index in [1.807, 2.05) is 45.9 Å². The molecule has 0 radical (unpaired) electrons. The molecule has 5 aromatic heterocycles. The van der Waals surface area contributed by atoms with E-state index >= 15 is 0 Å². The van der Waals surface area contributed by atoms with E-state index in [9.17, 15) is 58.5 Å². The number of carbonyl (C=O) groups excluding carboxylic acids is 5. The fraction of sp³-hybridized carbons (Fsp3) is 0.400. The lowest BCUT2D eigenvalue weighted by molar-refractivity contribution is -0.142. The zero-order valence-electron chi connectivity index (χ0n) is 58.2. The molecule has 0 unspecified atom stereocenters. The minimum Gasteiger partial charge on any atom is -0.480 e. The first-order valence-corrected chi connectivity index (χ1v) is 33.8. The first-order valence-electron chi connectivity index (χ1n) is 33.8. The van der Waals surface area contributed by atoms with E-state index in [0.29, 0.717) is 58.5 Å². The summed E-state index contributed by atoms with van der Waals surface area (Å²) in [6, 6.07) is 6.03. The topological polar surface area (TPSA) is 548 Å². The number of nitrogens with one attached hydrogen (secondary N) is 13. The van der Waals surface area contributed by atoms with E-state index in [2.05, 4.69) is 85.9 Å². The number of nitrogens with zero attached hydrogens (tertiary/aromatic N) is 5. The zero-order chi connectivity index (χ0) is 74.9. The molecule has 0 aliphatic carbocycles. The van der Waals surface area contributed by atoms with Crippen molar-refractivity contribution < 1.29 is 53.7 Å². The van der Waals surface area contributed by atoms with Crippen molar-refractivity contribution in [1.82, 2.24) is 77.1 Å². The molecule has 0 spiro atoms. The van der Waals surface area contributed by atoms with Crippen LogP contribution < -0.4 is 65.3 Å². The maximum Gasteiger partial charge on any atom is 0.338 e. The molecular weight excluding hydrogens is 1330 g/mol. The number of hydrogen-bond donors (Lipinski definition) is 19. The van der Waals surface area contributed by atoms with Crippen molar-refractivity contribution >= 4 is 121 Å². The predicted octanol–water partition coefficient (Wildman–Crippen LogP) is 4.83. The summed E-state index contributed by atoms with van der Waals surface area (Å²) in [5, 5.41) is 67.6. The molecular formula is C70H89N21O12. The van der Waals surface area contributed by atoms with Gasteiger partial charge in [-0.1, -0.05) is 26.5 Å². The summed E-state index contributed by atoms with van der Waals surface area (Å²) in [4.78, 5) is 151. The Bertz CT molecular complexity index is 4560. The number of allylic oxidation sites excluding steroid dienone is 2. The quantitative estimate of drug-likeness (QED) is 0.0146. The summed E-state index contributed by atoms with van der Waals surface area (Å²) >= 11 is 0. The van der Waals surface area contributed by atoms with Crippen molar-refractivity contribution in [2.24, 2.45) is 11.5 Å². The molecule has 8 bridgehead atoms. The number of amides is 5. The van der Waals surface area contributed by atoms with Crippen molar-refractivity contribution in [2.75, 3.05) is 30.7 Å². The first-order chi connectivity index (χ1) is 49.0. The minimum atomic E-state index is -1.57. The molecule has 1 aromatic carbocycles. The van der Waals surface area contributed by atoms with E-state index in [1.54, 1.807) is 25.1 Å². The standard InChI is InChI=1S/C70H89N21O12/c1-8-41-33(3)48-28-50-35(5)43(57(85-50)37(7)58-56(67(102)103)36(6)51(86-58)30-53-42(9-2)34(4)49(83-53)29-52(41)82-48)21-23-54(92)76-25-11-10-14-46(65(98)99)89-63(96)45(16-13-27-78-69(73)74)87-62(95)44(15-12-26-77-68(71)72)84-55(93)24-22-47(66(100)101)88-61(94)38-17-19-39(20-18-38)79-31-40-32-80-60-59(81-40)64(97)91-70(75)90-60/h8,17-20,28-30,32,35,43-47,79,82,86H,1,9-16,21-27,31H2,2-7H3,(H,76,92)(H,84,93)(H,87,95)(H,88,94)(H,89,96)(H,98,99)(H,100,101)(H,102,103)(H4,71,72,77)(H4,73,74,78)(H3,75,80,90,91,97)/t35-,43-,44-,45-,46-,47-/m0/s1. The summed E-state index contributed by atoms with van der Waals surface area (Å²) in [6.07, 6.45) is 3.91. The molecule has 0 fully saturated rings. The fourth-order valence-electron chi connectivity index (χ4n) is 12.5. The SMILES string of the molecule is C=Cc1c(C)c2cc3nc(c(C)c4[nH]c(cc5nc(cc1[nH]2)C(C)=C5CC)c(C)c4C(=O)O)[C@@H](CCC(=O)NCCCC[C@H](NC(=O)[C@H](CCCNC(=N)N)NC(=O)[C@H](CCCNC(=N)N)NC(=O)CC[C@H](NC(=O)c1ccc(NCc2cnc4nc(N)[nH]c(=O)c4n2)cc1)C(=O)O)C(=O)O)[C@@H]3C. The average molecular weight is 1420 g/mol. The molecule has 2 aliphatic rings. The molecule has 33 nitrogen and oxygen atoms in total. The van der Waals surface area contributed by atoms with Gasteiger partial charge in [0.05, 0.1) is 40.9 Å². The van der Waals surface area contributed by atoms with Crippen LogP contribution in [0.4, 0.5) is 11.6 Å². The van der Waals surface area contributed by atoms with Gasteiger partial charge in [0.1, 0.15) is 24.2 Å². The van der Waals surface area contributed by atoms with Crippen LogP contribution in [0, 0.1) is 31.6 Å². The number of fused-ring (bicyclic) bond motifs is 9. The number of aliphatic carboxylic acids is 2. The number of unbranched alkanes of at least 4 members (excludes halogenated alkanes) is 1. The Labute approximate surface area is 591 Å². The highest BCUT2D eigenvalue weighted by Crippen LogP contribution is 2.43. The third kappa shape index (κ3) is 19.7. The molecule has 0 saturated carbocycles. The van der Waals surface area contributed by atoms with Crippen molar-refractivity contribution in [2.45, 2.75) is 161 Å². The van der Waals surface area contributed by atoms with Gasteiger partial charge in [0.15, 0.2) is 23.1 Å². The largest absolute Gasteiger partial charge is 0.480 e. The maximum atomic E-state index is 14.2. The van der Waals surface area contributed by atoms with E-state index in [-0.39, 0.29) is 129 Å². The number of benzene rings is 1. The van der Waals surface area contributed by atoms with Crippen LogP contribution in [0.15, 0.2) is 60.0 Å². The zero-order valence-corrected chi connectivity index (χ0v) is 58.2. The van der Waals surface area contributed by atoms with Crippen LogP contribution in [-0.4, -0.2) is 158 Å². The second-order valence-electron chi connectivity index (χ2n) is 25.4. The summed E-state index contributed by atoms with van der Waals surface area (Å²) in [7, 11) is 0. The summed E-state index contributed by atoms with van der Waals surface area (Å²) in [6.45, 7) is 16.3. The first kappa shape index (κ1) is 76.7. The number of guanidine groups is 2. The second kappa shape index (κ2) is 34.8. The van der Waals surface area contributed by atoms with E-state index < -0.39 is 84.1 Å². The minimum absolute atomic E-state index is 0.0101. The third-order valence-electron chi connectivity index (χ3n) is 18.3. The Morgan fingerprint density at radius 2 is 1.28 bits per heavy atom. The molecule has 8 rings (SSSR count). The Morgan fingerprint density at radius 3 is 1.91 bits per heavy atom. The number of aromatic nitrogens is 8. The van der Waals surface area contributed by atoms with Gasteiger partial charge in [-0.05, 0) is 162 Å². The Kier molecular flexibility index (Phi) is 25.9. The van der Waals surface area contributed by atoms with Gasteiger partial charge in [-0.15, -0.1) is 0 Å². The predicted molar refractivity (Wildman–Crippen MR) is 388 cm³/mol. The summed E-state index contributed by atoms with van der Waals surface area (Å²) in [5.74, 6) is -8.96. The van der Waals surface area contributed by atoms with Crippen molar-refractivity contribution in [3.05, 3.63) is 127 Å². The number of H-pyrrole nitrogens is 3. The van der Waals surface area contributed by atoms with Gasteiger partial charge < -0.3 is 85.0 Å². The smallest absolute Gasteiger partial charge is 0.338 e. The van der Waals surface area contributed by atoms with Crippen molar-refractivity contribution in [3.8, 4) is 0 Å². The molecule has 33 heteroatoms. The number of aromatic carboxylic acids is 1. The number of anilines is 2. The number of aryl methyl sites for hydroxylation is 3. The lowest BCUT2D eigenvalue weighted by Gasteiger charge is -2.25. The highest BCUT2D eigenvalue weighted by atomic mass is 16.4. The highest BCUT2D eigenvalue weighted by Gasteiger charge is 2.34. The Hall–Kier alpha value is -12.1. The Balaban J connectivity index is 0.877. The normalized spacial score (nSPS) is 14.5. The van der Waals surface area contributed by atoms with Crippen LogP contribution in [0.3, 0.4) is 0 Å². The molecule has 6 atom stereocenters. The van der Waals surface area contributed by atoms with Gasteiger partial charge in [0.25, 0.3) is 11.5 Å². The second-order valence-corrected chi connectivity index (χ2v) is 25.4. The van der Waals surface area contributed by atoms with Gasteiger partial charge in [-0.3, -0.25) is 49.6 Å². The van der Waals surface area contributed by atoms with Crippen LogP contribution in [-0.2, 0) is 35.3 Å². The number of aromatic amines is 3. The third-order valence-corrected chi connectivity index (χ3v) is 18.3. The number of carbonyl (C=O) groups is 8. The number of hydrogen-bond acceptors (Lipinski definition) is 18. The molecule has 2 aliphatic heterocycles. The highest BCUT2D eigenvalue weighted by molar-refractivity contribution is 6.02. The average Bonchev–Trinajstić information content (AvgIpc) is 1.59. The molecule has 103 heavy (non-hydrogen) atoms. The maximum absolute atomic E-state index is 14.2. The van der Waals surface area contributed by atoms with Crippen molar-refractivity contribution in [3.63, 3.8) is 0 Å². The van der Waals surface area contributed by atoms with Gasteiger partial charge in [0.2, 0.25) is 29.6 Å². The molecule has 546 valence electrons.